The number of halogens is 7. The molecule has 166 valence electrons. The molecule has 0 spiro atoms. The van der Waals surface area contributed by atoms with Crippen LogP contribution in [-0.4, -0.2) is 30.4 Å². The molecule has 3 aromatic rings. The van der Waals surface area contributed by atoms with Crippen molar-refractivity contribution in [3.05, 3.63) is 72.4 Å². The maximum Gasteiger partial charge on any atom is 0.460 e. The lowest BCUT2D eigenvalue weighted by Crippen LogP contribution is -2.50. The molecule has 1 heterocycles. The van der Waals surface area contributed by atoms with Gasteiger partial charge in [0, 0.05) is 5.56 Å². The lowest BCUT2D eigenvalue weighted by Gasteiger charge is -2.26. The Hall–Kier alpha value is -3.09. The number of hydrogen-bond donors (Lipinski definition) is 1. The third kappa shape index (κ3) is 4.09. The molecule has 0 fully saturated rings. The normalized spacial score (nSPS) is 13.3. The van der Waals surface area contributed by atoms with Crippen LogP contribution >= 0.6 is 0 Å². The number of benzene rings is 2. The molecule has 3 rings (SSSR count). The van der Waals surface area contributed by atoms with E-state index >= 15 is 0 Å². The zero-order chi connectivity index (χ0) is 23.1. The van der Waals surface area contributed by atoms with Gasteiger partial charge in [-0.1, -0.05) is 48.5 Å². The maximum atomic E-state index is 14.2. The van der Waals surface area contributed by atoms with Crippen LogP contribution < -0.4 is 4.83 Å². The van der Waals surface area contributed by atoms with Crippen molar-refractivity contribution in [2.24, 2.45) is 0 Å². The smallest absolute Gasteiger partial charge is 0.200 e. The quantitative estimate of drug-likeness (QED) is 0.532. The Morgan fingerprint density at radius 2 is 1.32 bits per heavy atom. The number of nitrogens with zero attached hydrogens (tertiary/aromatic N) is 2. The minimum Gasteiger partial charge on any atom is -0.200 e. The second-order valence-corrected chi connectivity index (χ2v) is 7.91. The molecule has 1 N–H and O–H groups in total. The first-order chi connectivity index (χ1) is 14.3. The summed E-state index contributed by atoms with van der Waals surface area (Å²) in [6.45, 7) is 0. The minimum atomic E-state index is -6.57. The predicted molar refractivity (Wildman–Crippen MR) is 95.5 cm³/mol. The van der Waals surface area contributed by atoms with Crippen molar-refractivity contribution in [1.82, 2.24) is 9.89 Å². The van der Waals surface area contributed by atoms with Crippen LogP contribution in [0.2, 0.25) is 0 Å². The van der Waals surface area contributed by atoms with E-state index in [9.17, 15) is 39.2 Å². The van der Waals surface area contributed by atoms with Gasteiger partial charge in [0.15, 0.2) is 0 Å². The highest BCUT2D eigenvalue weighted by atomic mass is 32.2. The summed E-state index contributed by atoms with van der Waals surface area (Å²) in [6, 6.07) is 13.7. The Labute approximate surface area is 171 Å². The molecule has 31 heavy (non-hydrogen) atoms. The van der Waals surface area contributed by atoms with Crippen molar-refractivity contribution < 1.29 is 39.2 Å². The average Bonchev–Trinajstić information content (AvgIpc) is 3.12. The predicted octanol–water partition coefficient (Wildman–Crippen LogP) is 4.77. The van der Waals surface area contributed by atoms with E-state index in [1.165, 1.54) is 48.5 Å². The lowest BCUT2D eigenvalue weighted by molar-refractivity contribution is -0.360. The largest absolute Gasteiger partial charge is 0.460 e. The van der Waals surface area contributed by atoms with Gasteiger partial charge in [-0.25, -0.2) is 0 Å². The van der Waals surface area contributed by atoms with E-state index in [4.69, 9.17) is 0 Å². The summed E-state index contributed by atoms with van der Waals surface area (Å²) in [5, 5.41) is 3.05. The van der Waals surface area contributed by atoms with Crippen molar-refractivity contribution in [3.63, 3.8) is 0 Å². The van der Waals surface area contributed by atoms with Crippen LogP contribution in [0, 0.1) is 0 Å². The fraction of sp³-hybridized carbons (Fsp3) is 0.167. The minimum absolute atomic E-state index is 0.0307. The van der Waals surface area contributed by atoms with Gasteiger partial charge in [-0.15, -0.1) is 5.10 Å². The summed E-state index contributed by atoms with van der Waals surface area (Å²) in [7, 11) is -4.44. The topological polar surface area (TPSA) is 64.0 Å². The molecule has 2 aromatic carbocycles. The van der Waals surface area contributed by atoms with Gasteiger partial charge >= 0.3 is 18.0 Å². The summed E-state index contributed by atoms with van der Waals surface area (Å²) >= 11 is 0. The molecular formula is C18H12F7N3O2S. The average molecular weight is 467 g/mol. The summed E-state index contributed by atoms with van der Waals surface area (Å²) < 4.78 is 118. The van der Waals surface area contributed by atoms with E-state index in [-0.39, 0.29) is 21.3 Å². The van der Waals surface area contributed by atoms with Gasteiger partial charge in [-0.3, -0.25) is 0 Å². The summed E-state index contributed by atoms with van der Waals surface area (Å²) in [5.74, 6) is -12.2. The molecule has 0 radical (unpaired) electrons. The highest BCUT2D eigenvalue weighted by Gasteiger charge is 2.74. The van der Waals surface area contributed by atoms with Crippen LogP contribution in [0.25, 0.3) is 11.3 Å². The molecule has 13 heteroatoms. The van der Waals surface area contributed by atoms with Gasteiger partial charge in [0.1, 0.15) is 5.69 Å². The molecule has 0 aliphatic rings. The van der Waals surface area contributed by atoms with Crippen LogP contribution in [0.1, 0.15) is 5.69 Å². The van der Waals surface area contributed by atoms with Crippen LogP contribution in [-0.2, 0) is 15.9 Å². The number of nitrogens with one attached hydrogen (secondary N) is 1. The zero-order valence-corrected chi connectivity index (χ0v) is 15.9. The summed E-state index contributed by atoms with van der Waals surface area (Å²) in [6.07, 6.45) is -6.57. The molecule has 1 aromatic heterocycles. The van der Waals surface area contributed by atoms with Gasteiger partial charge in [0.25, 0.3) is 10.0 Å². The van der Waals surface area contributed by atoms with Gasteiger partial charge in [0.2, 0.25) is 0 Å². The third-order valence-electron chi connectivity index (χ3n) is 4.11. The second-order valence-electron chi connectivity index (χ2n) is 6.25. The summed E-state index contributed by atoms with van der Waals surface area (Å²) in [5.41, 5.74) is -2.42. The zero-order valence-electron chi connectivity index (χ0n) is 15.1. The number of rotatable bonds is 6. The Bertz CT molecular complexity index is 1160. The van der Waals surface area contributed by atoms with E-state index in [1.54, 1.807) is 4.83 Å². The van der Waals surface area contributed by atoms with Crippen molar-refractivity contribution in [2.45, 2.75) is 22.9 Å². The lowest BCUT2D eigenvalue weighted by atomic mass is 10.1. The molecule has 0 atom stereocenters. The van der Waals surface area contributed by atoms with Crippen molar-refractivity contribution in [2.75, 3.05) is 4.83 Å². The first-order valence-electron chi connectivity index (χ1n) is 8.33. The monoisotopic (exact) mass is 467 g/mol. The maximum absolute atomic E-state index is 14.2. The Balaban J connectivity index is 2.15. The van der Waals surface area contributed by atoms with Crippen LogP contribution in [0.5, 0.6) is 0 Å². The molecular weight excluding hydrogens is 455 g/mol. The first-order valence-corrected chi connectivity index (χ1v) is 9.82. The fourth-order valence-electron chi connectivity index (χ4n) is 2.52. The standard InChI is InChI=1S/C18H12F7N3O2S/c19-16(20,17(21,22)18(23,24)25)15-11-14(12-7-3-1-4-8-12)28(26-15)27-31(29,30)13-9-5-2-6-10-13/h1-11,27H. The third-order valence-corrected chi connectivity index (χ3v) is 5.42. The highest BCUT2D eigenvalue weighted by Crippen LogP contribution is 2.51. The van der Waals surface area contributed by atoms with Crippen molar-refractivity contribution in [3.8, 4) is 11.3 Å². The van der Waals surface area contributed by atoms with Gasteiger partial charge in [0.05, 0.1) is 10.6 Å². The Morgan fingerprint density at radius 3 is 1.84 bits per heavy atom. The van der Waals surface area contributed by atoms with Crippen LogP contribution in [0.3, 0.4) is 0 Å². The number of sulfonamides is 1. The van der Waals surface area contributed by atoms with Gasteiger partial charge in [-0.2, -0.15) is 48.8 Å². The van der Waals surface area contributed by atoms with Gasteiger partial charge < -0.3 is 0 Å². The van der Waals surface area contributed by atoms with Crippen molar-refractivity contribution in [1.29, 1.82) is 0 Å². The first kappa shape index (κ1) is 22.6. The second kappa shape index (κ2) is 7.55. The molecule has 5 nitrogen and oxygen atoms in total. The number of hydrogen-bond acceptors (Lipinski definition) is 3. The fourth-order valence-corrected chi connectivity index (χ4v) is 3.51. The van der Waals surface area contributed by atoms with E-state index < -0.39 is 39.4 Å². The molecule has 0 bridgehead atoms. The van der Waals surface area contributed by atoms with E-state index in [1.807, 2.05) is 0 Å². The molecule has 0 saturated carbocycles. The Morgan fingerprint density at radius 1 is 0.806 bits per heavy atom. The molecule has 0 saturated heterocycles. The van der Waals surface area contributed by atoms with E-state index in [0.717, 1.165) is 12.1 Å². The van der Waals surface area contributed by atoms with Gasteiger partial charge in [-0.05, 0) is 18.2 Å². The summed E-state index contributed by atoms with van der Waals surface area (Å²) in [4.78, 5) is 1.70. The van der Waals surface area contributed by atoms with E-state index in [2.05, 4.69) is 5.10 Å². The SMILES string of the molecule is O=S(=O)(Nn1nc(C(F)(F)C(F)(F)C(F)(F)F)cc1-c1ccccc1)c1ccccc1. The highest BCUT2D eigenvalue weighted by molar-refractivity contribution is 7.92. The van der Waals surface area contributed by atoms with Crippen molar-refractivity contribution >= 4 is 10.0 Å². The molecule has 0 aliphatic carbocycles. The number of alkyl halides is 7. The molecule has 0 unspecified atom stereocenters. The van der Waals surface area contributed by atoms with E-state index in [0.29, 0.717) is 0 Å². The van der Waals surface area contributed by atoms with Crippen LogP contribution in [0.4, 0.5) is 30.7 Å². The molecule has 0 aliphatic heterocycles. The number of aromatic nitrogens is 2. The van der Waals surface area contributed by atoms with Crippen LogP contribution in [0.15, 0.2) is 71.6 Å². The Kier molecular flexibility index (Phi) is 5.50. The molecule has 0 amide bonds.